The highest BCUT2D eigenvalue weighted by Gasteiger charge is 2.20. The second-order valence-corrected chi connectivity index (χ2v) is 6.77. The van der Waals surface area contributed by atoms with Gasteiger partial charge in [0.1, 0.15) is 11.3 Å². The average Bonchev–Trinajstić information content (AvgIpc) is 2.50. The van der Waals surface area contributed by atoms with Crippen molar-refractivity contribution in [2.75, 3.05) is 11.8 Å². The fraction of sp³-hybridized carbons (Fsp3) is 0.188. The van der Waals surface area contributed by atoms with E-state index in [4.69, 9.17) is 9.84 Å². The zero-order chi connectivity index (χ0) is 17.2. The standard InChI is InChI=1S/C16H17NO5S/c1-10-4-5-11(2)14(8-10)17-23(20,21)12-6-7-15(22-3)13(9-12)16(18)19/h4-9,17H,1-3H3,(H,18,19). The van der Waals surface area contributed by atoms with E-state index in [1.54, 1.807) is 13.0 Å². The Labute approximate surface area is 134 Å². The molecule has 0 saturated heterocycles. The number of aromatic carboxylic acids is 1. The van der Waals surface area contributed by atoms with Gasteiger partial charge >= 0.3 is 5.97 Å². The van der Waals surface area contributed by atoms with Crippen LogP contribution in [0, 0.1) is 13.8 Å². The molecular formula is C16H17NO5S. The molecule has 0 bridgehead atoms. The van der Waals surface area contributed by atoms with E-state index in [1.807, 2.05) is 19.1 Å². The number of carboxylic acids is 1. The molecule has 0 aliphatic carbocycles. The SMILES string of the molecule is COc1ccc(S(=O)(=O)Nc2cc(C)ccc2C)cc1C(=O)O. The number of rotatable bonds is 5. The first-order valence-corrected chi connectivity index (χ1v) is 8.24. The van der Waals surface area contributed by atoms with Crippen molar-refractivity contribution in [2.45, 2.75) is 18.7 Å². The topological polar surface area (TPSA) is 92.7 Å². The molecule has 122 valence electrons. The van der Waals surface area contributed by atoms with Crippen molar-refractivity contribution in [3.63, 3.8) is 0 Å². The number of methoxy groups -OCH3 is 1. The van der Waals surface area contributed by atoms with Crippen LogP contribution < -0.4 is 9.46 Å². The normalized spacial score (nSPS) is 11.1. The number of carboxylic acid groups (broad SMARTS) is 1. The Bertz CT molecular complexity index is 859. The minimum Gasteiger partial charge on any atom is -0.496 e. The minimum atomic E-state index is -3.90. The van der Waals surface area contributed by atoms with Crippen LogP contribution in [0.5, 0.6) is 5.75 Å². The average molecular weight is 335 g/mol. The Morgan fingerprint density at radius 1 is 1.13 bits per heavy atom. The first-order chi connectivity index (χ1) is 10.7. The molecule has 0 heterocycles. The summed E-state index contributed by atoms with van der Waals surface area (Å²) >= 11 is 0. The number of benzene rings is 2. The fourth-order valence-electron chi connectivity index (χ4n) is 2.07. The predicted octanol–water partition coefficient (Wildman–Crippen LogP) is 2.81. The van der Waals surface area contributed by atoms with Crippen LogP contribution >= 0.6 is 0 Å². The Hall–Kier alpha value is -2.54. The van der Waals surface area contributed by atoms with E-state index in [0.717, 1.165) is 17.2 Å². The maximum Gasteiger partial charge on any atom is 0.339 e. The van der Waals surface area contributed by atoms with Crippen molar-refractivity contribution < 1.29 is 23.1 Å². The lowest BCUT2D eigenvalue weighted by Gasteiger charge is -2.13. The number of anilines is 1. The van der Waals surface area contributed by atoms with Crippen molar-refractivity contribution in [1.82, 2.24) is 0 Å². The van der Waals surface area contributed by atoms with E-state index in [0.29, 0.717) is 5.69 Å². The van der Waals surface area contributed by atoms with Gasteiger partial charge < -0.3 is 9.84 Å². The van der Waals surface area contributed by atoms with Crippen LogP contribution in [-0.4, -0.2) is 26.6 Å². The quantitative estimate of drug-likeness (QED) is 0.876. The highest BCUT2D eigenvalue weighted by molar-refractivity contribution is 7.92. The predicted molar refractivity (Wildman–Crippen MR) is 86.7 cm³/mol. The third-order valence-electron chi connectivity index (χ3n) is 3.35. The van der Waals surface area contributed by atoms with Gasteiger partial charge in [-0.25, -0.2) is 13.2 Å². The molecule has 6 nitrogen and oxygen atoms in total. The maximum absolute atomic E-state index is 12.5. The van der Waals surface area contributed by atoms with Gasteiger partial charge in [-0.1, -0.05) is 12.1 Å². The highest BCUT2D eigenvalue weighted by Crippen LogP contribution is 2.25. The maximum atomic E-state index is 12.5. The molecule has 0 saturated carbocycles. The zero-order valence-corrected chi connectivity index (χ0v) is 13.8. The van der Waals surface area contributed by atoms with Gasteiger partial charge in [-0.15, -0.1) is 0 Å². The number of hydrogen-bond donors (Lipinski definition) is 2. The van der Waals surface area contributed by atoms with Crippen LogP contribution in [0.15, 0.2) is 41.3 Å². The third-order valence-corrected chi connectivity index (χ3v) is 4.71. The molecule has 0 aliphatic heterocycles. The molecule has 0 atom stereocenters. The van der Waals surface area contributed by atoms with Crippen LogP contribution in [0.2, 0.25) is 0 Å². The summed E-state index contributed by atoms with van der Waals surface area (Å²) in [5.41, 5.74) is 1.93. The number of nitrogens with one attached hydrogen (secondary N) is 1. The van der Waals surface area contributed by atoms with E-state index in [1.165, 1.54) is 19.2 Å². The van der Waals surface area contributed by atoms with Gasteiger partial charge in [-0.3, -0.25) is 4.72 Å². The van der Waals surface area contributed by atoms with Gasteiger partial charge in [-0.05, 0) is 49.2 Å². The summed E-state index contributed by atoms with van der Waals surface area (Å²) in [6.45, 7) is 3.64. The van der Waals surface area contributed by atoms with Crippen molar-refractivity contribution in [1.29, 1.82) is 0 Å². The lowest BCUT2D eigenvalue weighted by atomic mass is 10.1. The largest absolute Gasteiger partial charge is 0.496 e. The number of ether oxygens (including phenoxy) is 1. The second-order valence-electron chi connectivity index (χ2n) is 5.09. The van der Waals surface area contributed by atoms with Gasteiger partial charge in [0.25, 0.3) is 10.0 Å². The van der Waals surface area contributed by atoms with Gasteiger partial charge in [0.15, 0.2) is 0 Å². The van der Waals surface area contributed by atoms with Crippen molar-refractivity contribution in [2.24, 2.45) is 0 Å². The van der Waals surface area contributed by atoms with Crippen LogP contribution in [0.4, 0.5) is 5.69 Å². The van der Waals surface area contributed by atoms with E-state index in [9.17, 15) is 13.2 Å². The lowest BCUT2D eigenvalue weighted by Crippen LogP contribution is -2.15. The number of sulfonamides is 1. The molecular weight excluding hydrogens is 318 g/mol. The van der Waals surface area contributed by atoms with Crippen molar-refractivity contribution in [3.8, 4) is 5.75 Å². The van der Waals surface area contributed by atoms with E-state index >= 15 is 0 Å². The van der Waals surface area contributed by atoms with E-state index < -0.39 is 16.0 Å². The Kier molecular flexibility index (Phi) is 4.60. The van der Waals surface area contributed by atoms with Crippen molar-refractivity contribution >= 4 is 21.7 Å². The number of carbonyl (C=O) groups is 1. The van der Waals surface area contributed by atoms with E-state index in [-0.39, 0.29) is 16.2 Å². The van der Waals surface area contributed by atoms with Gasteiger partial charge in [0, 0.05) is 0 Å². The molecule has 0 unspecified atom stereocenters. The van der Waals surface area contributed by atoms with Gasteiger partial charge in [-0.2, -0.15) is 0 Å². The third kappa shape index (κ3) is 3.62. The molecule has 0 aliphatic rings. The smallest absolute Gasteiger partial charge is 0.339 e. The van der Waals surface area contributed by atoms with Crippen molar-refractivity contribution in [3.05, 3.63) is 53.1 Å². The zero-order valence-electron chi connectivity index (χ0n) is 13.0. The Morgan fingerprint density at radius 3 is 2.43 bits per heavy atom. The summed E-state index contributed by atoms with van der Waals surface area (Å²) < 4.78 is 32.4. The van der Waals surface area contributed by atoms with E-state index in [2.05, 4.69) is 4.72 Å². The molecule has 2 rings (SSSR count). The van der Waals surface area contributed by atoms with Gasteiger partial charge in [0.2, 0.25) is 0 Å². The monoisotopic (exact) mass is 335 g/mol. The molecule has 2 aromatic rings. The molecule has 23 heavy (non-hydrogen) atoms. The minimum absolute atomic E-state index is 0.100. The summed E-state index contributed by atoms with van der Waals surface area (Å²) in [7, 11) is -2.58. The Morgan fingerprint density at radius 2 is 1.83 bits per heavy atom. The van der Waals surface area contributed by atoms with Crippen LogP contribution in [0.25, 0.3) is 0 Å². The van der Waals surface area contributed by atoms with Crippen LogP contribution in [0.3, 0.4) is 0 Å². The summed E-state index contributed by atoms with van der Waals surface area (Å²) in [5, 5.41) is 9.16. The lowest BCUT2D eigenvalue weighted by molar-refractivity contribution is 0.0693. The molecule has 0 fully saturated rings. The number of aryl methyl sites for hydroxylation is 2. The first-order valence-electron chi connectivity index (χ1n) is 6.76. The summed E-state index contributed by atoms with van der Waals surface area (Å²) in [4.78, 5) is 11.1. The van der Waals surface area contributed by atoms with Crippen LogP contribution in [0.1, 0.15) is 21.5 Å². The molecule has 0 amide bonds. The molecule has 0 spiro atoms. The molecule has 2 aromatic carbocycles. The molecule has 7 heteroatoms. The summed E-state index contributed by atoms with van der Waals surface area (Å²) in [5.74, 6) is -1.16. The Balaban J connectivity index is 2.46. The summed E-state index contributed by atoms with van der Waals surface area (Å²) in [6, 6.07) is 9.11. The molecule has 0 radical (unpaired) electrons. The molecule has 0 aromatic heterocycles. The molecule has 2 N–H and O–H groups in total. The van der Waals surface area contributed by atoms with Gasteiger partial charge in [0.05, 0.1) is 17.7 Å². The second kappa shape index (κ2) is 6.29. The number of hydrogen-bond acceptors (Lipinski definition) is 4. The summed E-state index contributed by atoms with van der Waals surface area (Å²) in [6.07, 6.45) is 0. The fourth-order valence-corrected chi connectivity index (χ4v) is 3.22. The highest BCUT2D eigenvalue weighted by atomic mass is 32.2. The first kappa shape index (κ1) is 16.8. The van der Waals surface area contributed by atoms with Crippen LogP contribution in [-0.2, 0) is 10.0 Å².